The number of rotatable bonds is 1. The Bertz CT molecular complexity index is 425. The number of H-pyrrole nitrogens is 1. The lowest BCUT2D eigenvalue weighted by Crippen LogP contribution is -1.91. The van der Waals surface area contributed by atoms with E-state index in [2.05, 4.69) is 4.98 Å². The van der Waals surface area contributed by atoms with Crippen molar-refractivity contribution in [2.45, 2.75) is 0 Å². The molecule has 1 aromatic heterocycles. The molecule has 2 aromatic rings. The van der Waals surface area contributed by atoms with E-state index in [4.69, 9.17) is 0 Å². The summed E-state index contributed by atoms with van der Waals surface area (Å²) in [7, 11) is 0. The maximum absolute atomic E-state index is 12.8. The van der Waals surface area contributed by atoms with Crippen molar-refractivity contribution in [3.63, 3.8) is 0 Å². The molecular weight excluding hydrogens is 191 g/mol. The molecule has 0 amide bonds. The Kier molecular flexibility index (Phi) is 2.04. The molecule has 0 radical (unpaired) electrons. The zero-order valence-corrected chi connectivity index (χ0v) is 7.02. The molecule has 0 saturated heterocycles. The first-order valence-electron chi connectivity index (χ1n) is 3.97. The molecule has 1 heterocycles. The molecular formula is C10H6F3N. The lowest BCUT2D eigenvalue weighted by Gasteiger charge is -2.00. The average molecular weight is 197 g/mol. The molecule has 0 aliphatic rings. The standard InChI is InChI=1S/C10H6F3N/c11-7-4-6(5-8(12)10(7)13)9-2-1-3-14-9/h1-5,14H. The van der Waals surface area contributed by atoms with Gasteiger partial charge in [-0.25, -0.2) is 13.2 Å². The van der Waals surface area contributed by atoms with Crippen LogP contribution >= 0.6 is 0 Å². The van der Waals surface area contributed by atoms with Crippen LogP contribution < -0.4 is 0 Å². The largest absolute Gasteiger partial charge is 0.361 e. The van der Waals surface area contributed by atoms with Crippen molar-refractivity contribution in [2.24, 2.45) is 0 Å². The van der Waals surface area contributed by atoms with Crippen molar-refractivity contribution in [1.29, 1.82) is 0 Å². The molecule has 4 heteroatoms. The lowest BCUT2D eigenvalue weighted by atomic mass is 10.1. The van der Waals surface area contributed by atoms with Crippen LogP contribution in [-0.4, -0.2) is 4.98 Å². The number of aromatic nitrogens is 1. The maximum Gasteiger partial charge on any atom is 0.194 e. The molecule has 72 valence electrons. The van der Waals surface area contributed by atoms with Crippen LogP contribution in [0, 0.1) is 17.5 Å². The second kappa shape index (κ2) is 3.21. The van der Waals surface area contributed by atoms with E-state index < -0.39 is 17.5 Å². The second-order valence-electron chi connectivity index (χ2n) is 2.84. The third-order valence-electron chi connectivity index (χ3n) is 1.89. The Hall–Kier alpha value is -1.71. The van der Waals surface area contributed by atoms with E-state index in [0.717, 1.165) is 12.1 Å². The van der Waals surface area contributed by atoms with Gasteiger partial charge in [0.25, 0.3) is 0 Å². The molecule has 0 atom stereocenters. The second-order valence-corrected chi connectivity index (χ2v) is 2.84. The average Bonchev–Trinajstić information content (AvgIpc) is 2.66. The molecule has 0 saturated carbocycles. The van der Waals surface area contributed by atoms with Crippen molar-refractivity contribution in [3.05, 3.63) is 47.9 Å². The summed E-state index contributed by atoms with van der Waals surface area (Å²) in [6, 6.07) is 5.23. The molecule has 1 N–H and O–H groups in total. The zero-order chi connectivity index (χ0) is 10.1. The molecule has 0 fully saturated rings. The topological polar surface area (TPSA) is 15.8 Å². The van der Waals surface area contributed by atoms with Gasteiger partial charge in [-0.3, -0.25) is 0 Å². The fourth-order valence-electron chi connectivity index (χ4n) is 1.22. The summed E-state index contributed by atoms with van der Waals surface area (Å²) >= 11 is 0. The molecule has 0 aliphatic carbocycles. The van der Waals surface area contributed by atoms with Crippen molar-refractivity contribution in [2.75, 3.05) is 0 Å². The Labute approximate surface area is 78.2 Å². The van der Waals surface area contributed by atoms with Gasteiger partial charge in [0.1, 0.15) is 0 Å². The van der Waals surface area contributed by atoms with E-state index in [0.29, 0.717) is 5.69 Å². The van der Waals surface area contributed by atoms with Crippen LogP contribution in [0.3, 0.4) is 0 Å². The molecule has 14 heavy (non-hydrogen) atoms. The Balaban J connectivity index is 2.57. The van der Waals surface area contributed by atoms with Gasteiger partial charge < -0.3 is 4.98 Å². The molecule has 2 rings (SSSR count). The number of hydrogen-bond acceptors (Lipinski definition) is 0. The van der Waals surface area contributed by atoms with E-state index >= 15 is 0 Å². The van der Waals surface area contributed by atoms with E-state index in [1.54, 1.807) is 18.3 Å². The van der Waals surface area contributed by atoms with Gasteiger partial charge in [-0.05, 0) is 24.3 Å². The van der Waals surface area contributed by atoms with Crippen molar-refractivity contribution < 1.29 is 13.2 Å². The van der Waals surface area contributed by atoms with Gasteiger partial charge >= 0.3 is 0 Å². The van der Waals surface area contributed by atoms with Crippen molar-refractivity contribution in [3.8, 4) is 11.3 Å². The van der Waals surface area contributed by atoms with Crippen LogP contribution in [0.15, 0.2) is 30.5 Å². The van der Waals surface area contributed by atoms with E-state index in [9.17, 15) is 13.2 Å². The summed E-state index contributed by atoms with van der Waals surface area (Å²) < 4.78 is 38.2. The van der Waals surface area contributed by atoms with Crippen LogP contribution in [-0.2, 0) is 0 Å². The van der Waals surface area contributed by atoms with E-state index in [1.807, 2.05) is 0 Å². The van der Waals surface area contributed by atoms with Gasteiger partial charge in [-0.15, -0.1) is 0 Å². The molecule has 0 unspecified atom stereocenters. The van der Waals surface area contributed by atoms with Crippen LogP contribution in [0.4, 0.5) is 13.2 Å². The third-order valence-corrected chi connectivity index (χ3v) is 1.89. The van der Waals surface area contributed by atoms with Gasteiger partial charge in [-0.2, -0.15) is 0 Å². The fourth-order valence-corrected chi connectivity index (χ4v) is 1.22. The molecule has 1 nitrogen and oxygen atoms in total. The summed E-state index contributed by atoms with van der Waals surface area (Å²) in [4.78, 5) is 2.77. The van der Waals surface area contributed by atoms with Crippen molar-refractivity contribution >= 4 is 0 Å². The first-order valence-corrected chi connectivity index (χ1v) is 3.97. The molecule has 0 aliphatic heterocycles. The minimum absolute atomic E-state index is 0.284. The van der Waals surface area contributed by atoms with Gasteiger partial charge in [-0.1, -0.05) is 0 Å². The Morgan fingerprint density at radius 2 is 1.64 bits per heavy atom. The van der Waals surface area contributed by atoms with E-state index in [-0.39, 0.29) is 5.56 Å². The molecule has 0 bridgehead atoms. The highest BCUT2D eigenvalue weighted by Crippen LogP contribution is 2.21. The highest BCUT2D eigenvalue weighted by Gasteiger charge is 2.11. The van der Waals surface area contributed by atoms with Crippen molar-refractivity contribution in [1.82, 2.24) is 4.98 Å². The lowest BCUT2D eigenvalue weighted by molar-refractivity contribution is 0.447. The monoisotopic (exact) mass is 197 g/mol. The van der Waals surface area contributed by atoms with E-state index in [1.165, 1.54) is 0 Å². The summed E-state index contributed by atoms with van der Waals surface area (Å²) in [5.41, 5.74) is 0.828. The number of aromatic amines is 1. The predicted molar refractivity (Wildman–Crippen MR) is 46.1 cm³/mol. The Morgan fingerprint density at radius 3 is 2.14 bits per heavy atom. The number of halogens is 3. The van der Waals surface area contributed by atoms with Gasteiger partial charge in [0.15, 0.2) is 17.5 Å². The minimum Gasteiger partial charge on any atom is -0.361 e. The van der Waals surface area contributed by atoms with Gasteiger partial charge in [0.05, 0.1) is 0 Å². The fraction of sp³-hybridized carbons (Fsp3) is 0. The Morgan fingerprint density at radius 1 is 1.00 bits per heavy atom. The van der Waals surface area contributed by atoms with Crippen LogP contribution in [0.25, 0.3) is 11.3 Å². The predicted octanol–water partition coefficient (Wildman–Crippen LogP) is 3.10. The highest BCUT2D eigenvalue weighted by atomic mass is 19.2. The number of benzene rings is 1. The van der Waals surface area contributed by atoms with Gasteiger partial charge in [0.2, 0.25) is 0 Å². The summed E-state index contributed by atoms with van der Waals surface area (Å²) in [5.74, 6) is -3.82. The summed E-state index contributed by atoms with van der Waals surface area (Å²) in [6.45, 7) is 0. The number of nitrogens with one attached hydrogen (secondary N) is 1. The SMILES string of the molecule is Fc1cc(-c2ccc[nH]2)cc(F)c1F. The zero-order valence-electron chi connectivity index (χ0n) is 7.02. The van der Waals surface area contributed by atoms with Crippen LogP contribution in [0.1, 0.15) is 0 Å². The van der Waals surface area contributed by atoms with Crippen LogP contribution in [0.2, 0.25) is 0 Å². The quantitative estimate of drug-likeness (QED) is 0.676. The highest BCUT2D eigenvalue weighted by molar-refractivity contribution is 5.59. The van der Waals surface area contributed by atoms with Gasteiger partial charge in [0, 0.05) is 17.5 Å². The number of hydrogen-bond donors (Lipinski definition) is 1. The summed E-state index contributed by atoms with van der Waals surface area (Å²) in [5, 5.41) is 0. The minimum atomic E-state index is -1.44. The third kappa shape index (κ3) is 1.39. The van der Waals surface area contributed by atoms with Crippen LogP contribution in [0.5, 0.6) is 0 Å². The molecule has 0 spiro atoms. The smallest absolute Gasteiger partial charge is 0.194 e. The normalized spacial score (nSPS) is 10.5. The molecule has 1 aromatic carbocycles. The summed E-state index contributed by atoms with van der Waals surface area (Å²) in [6.07, 6.45) is 1.62. The maximum atomic E-state index is 12.8. The first-order chi connectivity index (χ1) is 6.68. The first kappa shape index (κ1) is 8.87.